The Morgan fingerprint density at radius 1 is 1.04 bits per heavy atom. The number of hydrogen-bond acceptors (Lipinski definition) is 5. The average Bonchev–Trinajstić information content (AvgIpc) is 2.57. The highest BCUT2D eigenvalue weighted by Crippen LogP contribution is 2.34. The summed E-state index contributed by atoms with van der Waals surface area (Å²) >= 11 is 12.0. The Labute approximate surface area is 148 Å². The second-order valence-electron chi connectivity index (χ2n) is 4.78. The maximum Gasteiger partial charge on any atom is 0.343 e. The molecule has 0 aliphatic rings. The van der Waals surface area contributed by atoms with Gasteiger partial charge >= 0.3 is 10.1 Å². The van der Waals surface area contributed by atoms with Gasteiger partial charge in [0.05, 0.1) is 12.1 Å². The van der Waals surface area contributed by atoms with E-state index in [0.717, 1.165) is 0 Å². The van der Waals surface area contributed by atoms with Crippen molar-refractivity contribution in [3.05, 3.63) is 58.7 Å². The van der Waals surface area contributed by atoms with Gasteiger partial charge in [-0.1, -0.05) is 23.2 Å². The summed E-state index contributed by atoms with van der Waals surface area (Å²) in [7, 11) is -2.81. The molecule has 0 spiro atoms. The lowest BCUT2D eigenvalue weighted by molar-refractivity contribution is 0.398. The molecule has 24 heavy (non-hydrogen) atoms. The first kappa shape index (κ1) is 16.8. The zero-order valence-electron chi connectivity index (χ0n) is 12.4. The summed E-state index contributed by atoms with van der Waals surface area (Å²) in [6.07, 6.45) is 1.53. The summed E-state index contributed by atoms with van der Waals surface area (Å²) in [4.78, 5) is 3.98. The van der Waals surface area contributed by atoms with Crippen LogP contribution in [0, 0.1) is 0 Å². The number of fused-ring (bicyclic) bond motifs is 1. The molecule has 3 rings (SSSR count). The van der Waals surface area contributed by atoms with Crippen LogP contribution in [0.3, 0.4) is 0 Å². The molecule has 0 unspecified atom stereocenters. The zero-order chi connectivity index (χ0) is 17.3. The van der Waals surface area contributed by atoms with Crippen LogP contribution in [0.15, 0.2) is 53.6 Å². The molecule has 0 N–H and O–H groups in total. The third-order valence-electron chi connectivity index (χ3n) is 3.27. The van der Waals surface area contributed by atoms with Gasteiger partial charge in [-0.2, -0.15) is 8.42 Å². The van der Waals surface area contributed by atoms with Crippen LogP contribution in [0.4, 0.5) is 0 Å². The van der Waals surface area contributed by atoms with Gasteiger partial charge in [0.2, 0.25) is 0 Å². The van der Waals surface area contributed by atoms with Crippen LogP contribution >= 0.6 is 23.2 Å². The highest BCUT2D eigenvalue weighted by Gasteiger charge is 2.24. The summed E-state index contributed by atoms with van der Waals surface area (Å²) in [6.45, 7) is 0. The minimum atomic E-state index is -4.18. The third-order valence-corrected chi connectivity index (χ3v) is 5.10. The molecule has 2 aromatic carbocycles. The lowest BCUT2D eigenvalue weighted by Gasteiger charge is -2.12. The van der Waals surface area contributed by atoms with Gasteiger partial charge in [-0.3, -0.25) is 4.98 Å². The fourth-order valence-electron chi connectivity index (χ4n) is 2.19. The van der Waals surface area contributed by atoms with Gasteiger partial charge < -0.3 is 8.92 Å². The molecule has 0 aliphatic carbocycles. The molecule has 0 saturated heterocycles. The number of nitrogens with zero attached hydrogens (tertiary/aromatic N) is 1. The zero-order valence-corrected chi connectivity index (χ0v) is 14.7. The normalized spacial score (nSPS) is 11.5. The highest BCUT2D eigenvalue weighted by atomic mass is 35.5. The van der Waals surface area contributed by atoms with Crippen molar-refractivity contribution in [2.45, 2.75) is 4.90 Å². The second-order valence-corrected chi connectivity index (χ2v) is 7.14. The van der Waals surface area contributed by atoms with Crippen LogP contribution in [0.25, 0.3) is 10.9 Å². The van der Waals surface area contributed by atoms with Crippen LogP contribution in [0.2, 0.25) is 10.0 Å². The molecule has 0 fully saturated rings. The van der Waals surface area contributed by atoms with Crippen LogP contribution in [-0.2, 0) is 10.1 Å². The van der Waals surface area contributed by atoms with Gasteiger partial charge in [0.25, 0.3) is 0 Å². The van der Waals surface area contributed by atoms with Gasteiger partial charge in [-0.15, -0.1) is 0 Å². The number of hydrogen-bond donors (Lipinski definition) is 0. The predicted octanol–water partition coefficient (Wildman–Crippen LogP) is 4.32. The summed E-state index contributed by atoms with van der Waals surface area (Å²) in [5.74, 6) is 0.197. The number of halogens is 2. The largest absolute Gasteiger partial charge is 0.495 e. The molecular weight excluding hydrogens is 373 g/mol. The standard InChI is InChI=1S/C16H11Cl2NO4S/c1-22-13-6-4-10(17)9-15(13)24(20,21)23-14-7-5-12(18)11-3-2-8-19-16(11)14/h2-9H,1H3. The lowest BCUT2D eigenvalue weighted by Crippen LogP contribution is -2.11. The molecule has 0 amide bonds. The first-order valence-electron chi connectivity index (χ1n) is 6.73. The molecule has 0 aliphatic heterocycles. The molecule has 0 atom stereocenters. The van der Waals surface area contributed by atoms with Crippen molar-refractivity contribution in [3.63, 3.8) is 0 Å². The maximum absolute atomic E-state index is 12.6. The van der Waals surface area contributed by atoms with Crippen LogP contribution < -0.4 is 8.92 Å². The molecule has 124 valence electrons. The average molecular weight is 384 g/mol. The molecule has 0 saturated carbocycles. The monoisotopic (exact) mass is 383 g/mol. The van der Waals surface area contributed by atoms with Crippen LogP contribution in [0.5, 0.6) is 11.5 Å². The number of ether oxygens (including phenoxy) is 1. The predicted molar refractivity (Wildman–Crippen MR) is 92.6 cm³/mol. The van der Waals surface area contributed by atoms with Crippen molar-refractivity contribution in [1.82, 2.24) is 4.98 Å². The fourth-order valence-corrected chi connectivity index (χ4v) is 3.77. The Hall–Kier alpha value is -2.02. The van der Waals surface area contributed by atoms with Crippen molar-refractivity contribution in [2.75, 3.05) is 7.11 Å². The number of methoxy groups -OCH3 is 1. The minimum Gasteiger partial charge on any atom is -0.495 e. The summed E-state index contributed by atoms with van der Waals surface area (Å²) in [6, 6.07) is 10.7. The Kier molecular flexibility index (Phi) is 4.54. The van der Waals surface area contributed by atoms with Gasteiger partial charge in [0.1, 0.15) is 16.2 Å². The van der Waals surface area contributed by atoms with E-state index in [2.05, 4.69) is 4.98 Å². The third kappa shape index (κ3) is 3.13. The number of aromatic nitrogens is 1. The maximum atomic E-state index is 12.6. The van der Waals surface area contributed by atoms with E-state index >= 15 is 0 Å². The Balaban J connectivity index is 2.12. The number of rotatable bonds is 4. The Morgan fingerprint density at radius 3 is 2.54 bits per heavy atom. The van der Waals surface area contributed by atoms with Gasteiger partial charge in [-0.25, -0.2) is 0 Å². The molecule has 3 aromatic rings. The first-order valence-corrected chi connectivity index (χ1v) is 8.90. The Morgan fingerprint density at radius 2 is 1.79 bits per heavy atom. The SMILES string of the molecule is COc1ccc(Cl)cc1S(=O)(=O)Oc1ccc(Cl)c2cccnc12. The van der Waals surface area contributed by atoms with E-state index in [4.69, 9.17) is 32.1 Å². The lowest BCUT2D eigenvalue weighted by atomic mass is 10.2. The molecule has 0 bridgehead atoms. The molecule has 1 heterocycles. The molecule has 5 nitrogen and oxygen atoms in total. The first-order chi connectivity index (χ1) is 11.4. The second kappa shape index (κ2) is 6.47. The van der Waals surface area contributed by atoms with E-state index in [9.17, 15) is 8.42 Å². The van der Waals surface area contributed by atoms with Gasteiger partial charge in [0, 0.05) is 16.6 Å². The summed E-state index contributed by atoms with van der Waals surface area (Å²) in [5, 5.41) is 1.28. The Bertz CT molecular complexity index is 1020. The van der Waals surface area contributed by atoms with E-state index in [-0.39, 0.29) is 21.4 Å². The molecule has 8 heteroatoms. The van der Waals surface area contributed by atoms with E-state index in [1.807, 2.05) is 0 Å². The van der Waals surface area contributed by atoms with E-state index in [1.54, 1.807) is 18.2 Å². The molecular formula is C16H11Cl2NO4S. The van der Waals surface area contributed by atoms with Crippen LogP contribution in [-0.4, -0.2) is 20.5 Å². The molecule has 0 radical (unpaired) electrons. The summed E-state index contributed by atoms with van der Waals surface area (Å²) < 4.78 is 35.6. The van der Waals surface area contributed by atoms with Crippen molar-refractivity contribution in [2.24, 2.45) is 0 Å². The van der Waals surface area contributed by atoms with Gasteiger partial charge in [0.15, 0.2) is 5.75 Å². The smallest absolute Gasteiger partial charge is 0.343 e. The highest BCUT2D eigenvalue weighted by molar-refractivity contribution is 7.87. The molecule has 1 aromatic heterocycles. The fraction of sp³-hybridized carbons (Fsp3) is 0.0625. The number of pyridine rings is 1. The quantitative estimate of drug-likeness (QED) is 0.627. The van der Waals surface area contributed by atoms with Crippen molar-refractivity contribution in [1.29, 1.82) is 0 Å². The van der Waals surface area contributed by atoms with E-state index < -0.39 is 10.1 Å². The van der Waals surface area contributed by atoms with E-state index in [0.29, 0.717) is 15.9 Å². The number of benzene rings is 2. The van der Waals surface area contributed by atoms with Crippen molar-refractivity contribution >= 4 is 44.2 Å². The minimum absolute atomic E-state index is 0.0667. The summed E-state index contributed by atoms with van der Waals surface area (Å²) in [5.41, 5.74) is 0.342. The topological polar surface area (TPSA) is 65.5 Å². The van der Waals surface area contributed by atoms with Gasteiger partial charge in [-0.05, 0) is 42.5 Å². The van der Waals surface area contributed by atoms with E-state index in [1.165, 1.54) is 37.6 Å². The van der Waals surface area contributed by atoms with Crippen molar-refractivity contribution in [3.8, 4) is 11.5 Å². The van der Waals surface area contributed by atoms with Crippen molar-refractivity contribution < 1.29 is 17.3 Å². The van der Waals surface area contributed by atoms with Crippen LogP contribution in [0.1, 0.15) is 0 Å².